The van der Waals surface area contributed by atoms with Gasteiger partial charge in [-0.1, -0.05) is 24.3 Å². The van der Waals surface area contributed by atoms with Gasteiger partial charge in [-0.3, -0.25) is 5.41 Å². The van der Waals surface area contributed by atoms with Gasteiger partial charge in [0.15, 0.2) is 0 Å². The smallest absolute Gasteiger partial charge is 0.136 e. The number of nitrogens with two attached hydrogens (primary N) is 1. The molecule has 2 aromatic rings. The Balaban J connectivity index is 2.16. The topological polar surface area (TPSA) is 53.1 Å². The predicted octanol–water partition coefficient (Wildman–Crippen LogP) is 3.19. The van der Waals surface area contributed by atoms with E-state index < -0.39 is 5.82 Å². The number of aryl methyl sites for hydroxylation is 1. The Morgan fingerprint density at radius 2 is 1.85 bits per heavy atom. The van der Waals surface area contributed by atoms with Gasteiger partial charge in [-0.15, -0.1) is 0 Å². The van der Waals surface area contributed by atoms with Gasteiger partial charge in [0.05, 0.1) is 11.3 Å². The highest BCUT2D eigenvalue weighted by Gasteiger charge is 2.22. The van der Waals surface area contributed by atoms with Crippen LogP contribution in [-0.2, 0) is 6.42 Å². The molecule has 0 aromatic heterocycles. The maximum absolute atomic E-state index is 14.0. The van der Waals surface area contributed by atoms with Crippen molar-refractivity contribution >= 4 is 17.2 Å². The van der Waals surface area contributed by atoms with Crippen LogP contribution in [0.4, 0.5) is 15.8 Å². The summed E-state index contributed by atoms with van der Waals surface area (Å²) < 4.78 is 14.0. The number of rotatable bonds is 2. The van der Waals surface area contributed by atoms with Crippen molar-refractivity contribution in [2.45, 2.75) is 12.8 Å². The summed E-state index contributed by atoms with van der Waals surface area (Å²) in [5, 5.41) is 7.63. The number of para-hydroxylation sites is 1. The van der Waals surface area contributed by atoms with Crippen molar-refractivity contribution in [2.75, 3.05) is 11.4 Å². The highest BCUT2D eigenvalue weighted by molar-refractivity contribution is 6.01. The fourth-order valence-corrected chi connectivity index (χ4v) is 2.79. The van der Waals surface area contributed by atoms with Crippen LogP contribution >= 0.6 is 0 Å². The highest BCUT2D eigenvalue weighted by atomic mass is 19.1. The molecule has 0 amide bonds. The van der Waals surface area contributed by atoms with E-state index in [0.717, 1.165) is 25.1 Å². The minimum absolute atomic E-state index is 0.184. The maximum atomic E-state index is 14.0. The summed E-state index contributed by atoms with van der Waals surface area (Å²) in [5.41, 5.74) is 8.74. The van der Waals surface area contributed by atoms with E-state index >= 15 is 0 Å². The van der Waals surface area contributed by atoms with Crippen molar-refractivity contribution in [3.63, 3.8) is 0 Å². The van der Waals surface area contributed by atoms with E-state index in [1.54, 1.807) is 6.07 Å². The Morgan fingerprint density at radius 1 is 1.10 bits per heavy atom. The first-order valence-corrected chi connectivity index (χ1v) is 6.67. The van der Waals surface area contributed by atoms with E-state index in [4.69, 9.17) is 11.1 Å². The molecule has 1 aliphatic heterocycles. The summed E-state index contributed by atoms with van der Waals surface area (Å²) in [6, 6.07) is 12.9. The summed E-state index contributed by atoms with van der Waals surface area (Å²) in [7, 11) is 0. The van der Waals surface area contributed by atoms with Crippen LogP contribution in [0.15, 0.2) is 42.5 Å². The molecule has 0 saturated heterocycles. The number of nitrogens with one attached hydrogen (secondary N) is 1. The zero-order valence-electron chi connectivity index (χ0n) is 11.1. The molecule has 0 unspecified atom stereocenters. The number of amidine groups is 1. The van der Waals surface area contributed by atoms with Crippen LogP contribution in [0.1, 0.15) is 17.5 Å². The third-order valence-electron chi connectivity index (χ3n) is 3.66. The van der Waals surface area contributed by atoms with Crippen molar-refractivity contribution in [3.8, 4) is 0 Å². The molecule has 0 atom stereocenters. The zero-order valence-corrected chi connectivity index (χ0v) is 11.1. The average Bonchev–Trinajstić information content (AvgIpc) is 2.46. The number of halogens is 1. The van der Waals surface area contributed by atoms with Gasteiger partial charge in [-0.2, -0.15) is 0 Å². The molecule has 102 valence electrons. The molecule has 0 saturated carbocycles. The summed E-state index contributed by atoms with van der Waals surface area (Å²) in [6.07, 6.45) is 2.03. The first-order chi connectivity index (χ1) is 9.68. The van der Waals surface area contributed by atoms with Gasteiger partial charge in [0, 0.05) is 12.2 Å². The second-order valence-corrected chi connectivity index (χ2v) is 4.93. The Labute approximate surface area is 117 Å². The van der Waals surface area contributed by atoms with Crippen molar-refractivity contribution in [1.82, 2.24) is 0 Å². The van der Waals surface area contributed by atoms with Crippen LogP contribution in [0, 0.1) is 11.2 Å². The van der Waals surface area contributed by atoms with Gasteiger partial charge >= 0.3 is 0 Å². The largest absolute Gasteiger partial charge is 0.384 e. The van der Waals surface area contributed by atoms with E-state index in [1.165, 1.54) is 11.6 Å². The number of benzene rings is 2. The molecule has 20 heavy (non-hydrogen) atoms. The fourth-order valence-electron chi connectivity index (χ4n) is 2.79. The van der Waals surface area contributed by atoms with Gasteiger partial charge in [0.25, 0.3) is 0 Å². The number of anilines is 2. The van der Waals surface area contributed by atoms with E-state index in [0.29, 0.717) is 5.69 Å². The van der Waals surface area contributed by atoms with E-state index in [-0.39, 0.29) is 11.4 Å². The molecule has 4 heteroatoms. The third-order valence-corrected chi connectivity index (χ3v) is 3.66. The van der Waals surface area contributed by atoms with Gasteiger partial charge < -0.3 is 10.6 Å². The quantitative estimate of drug-likeness (QED) is 0.650. The van der Waals surface area contributed by atoms with Crippen LogP contribution < -0.4 is 10.6 Å². The summed E-state index contributed by atoms with van der Waals surface area (Å²) in [4.78, 5) is 2.05. The molecule has 0 radical (unpaired) electrons. The van der Waals surface area contributed by atoms with Gasteiger partial charge in [0.1, 0.15) is 11.7 Å². The zero-order chi connectivity index (χ0) is 14.1. The monoisotopic (exact) mass is 269 g/mol. The lowest BCUT2D eigenvalue weighted by Crippen LogP contribution is -2.27. The molecule has 3 nitrogen and oxygen atoms in total. The number of nitrogen functional groups attached to an aromatic ring is 1. The predicted molar refractivity (Wildman–Crippen MR) is 79.2 cm³/mol. The van der Waals surface area contributed by atoms with E-state index in [9.17, 15) is 4.39 Å². The van der Waals surface area contributed by atoms with Crippen LogP contribution in [0.3, 0.4) is 0 Å². The number of nitrogens with zero attached hydrogens (tertiary/aromatic N) is 1. The second kappa shape index (κ2) is 4.96. The van der Waals surface area contributed by atoms with Crippen molar-refractivity contribution in [1.29, 1.82) is 5.41 Å². The molecular formula is C16H16FN3. The Kier molecular flexibility index (Phi) is 3.14. The molecule has 0 fully saturated rings. The molecule has 2 aromatic carbocycles. The minimum Gasteiger partial charge on any atom is -0.384 e. The Morgan fingerprint density at radius 3 is 2.65 bits per heavy atom. The van der Waals surface area contributed by atoms with Crippen LogP contribution in [0.5, 0.6) is 0 Å². The standard InChI is InChI=1S/C16H16FN3/c17-12-7-3-9-14(15(12)16(18)19)20-10-4-6-11-5-1-2-8-13(11)20/h1-3,5,7-9H,4,6,10H2,(H3,18,19). The lowest BCUT2D eigenvalue weighted by atomic mass is 9.99. The van der Waals surface area contributed by atoms with Gasteiger partial charge in [-0.25, -0.2) is 4.39 Å². The normalized spacial score (nSPS) is 13.9. The Hall–Kier alpha value is -2.36. The second-order valence-electron chi connectivity index (χ2n) is 4.93. The van der Waals surface area contributed by atoms with Crippen molar-refractivity contribution in [3.05, 3.63) is 59.4 Å². The molecule has 3 rings (SSSR count). The molecule has 1 aliphatic rings. The number of hydrogen-bond acceptors (Lipinski definition) is 2. The summed E-state index contributed by atoms with van der Waals surface area (Å²) in [6.45, 7) is 0.806. The van der Waals surface area contributed by atoms with Crippen LogP contribution in [0.2, 0.25) is 0 Å². The third kappa shape index (κ3) is 2.03. The first-order valence-electron chi connectivity index (χ1n) is 6.67. The van der Waals surface area contributed by atoms with E-state index in [1.807, 2.05) is 24.3 Å². The minimum atomic E-state index is -0.446. The molecule has 1 heterocycles. The SMILES string of the molecule is N=C(N)c1c(F)cccc1N1CCCc2ccccc21. The highest BCUT2D eigenvalue weighted by Crippen LogP contribution is 2.35. The number of hydrogen-bond donors (Lipinski definition) is 2. The molecule has 0 spiro atoms. The number of fused-ring (bicyclic) bond motifs is 1. The summed E-state index contributed by atoms with van der Waals surface area (Å²) >= 11 is 0. The van der Waals surface area contributed by atoms with Gasteiger partial charge in [0.2, 0.25) is 0 Å². The molecular weight excluding hydrogens is 253 g/mol. The molecule has 0 aliphatic carbocycles. The van der Waals surface area contributed by atoms with Crippen molar-refractivity contribution in [2.24, 2.45) is 5.73 Å². The Bertz CT molecular complexity index is 667. The lowest BCUT2D eigenvalue weighted by Gasteiger charge is -2.32. The molecule has 3 N–H and O–H groups in total. The fraction of sp³-hybridized carbons (Fsp3) is 0.188. The first kappa shape index (κ1) is 12.7. The molecule has 0 bridgehead atoms. The maximum Gasteiger partial charge on any atom is 0.136 e. The average molecular weight is 269 g/mol. The van der Waals surface area contributed by atoms with Crippen molar-refractivity contribution < 1.29 is 4.39 Å². The van der Waals surface area contributed by atoms with E-state index in [2.05, 4.69) is 11.0 Å². The summed E-state index contributed by atoms with van der Waals surface area (Å²) in [5.74, 6) is -0.681. The van der Waals surface area contributed by atoms with Crippen LogP contribution in [-0.4, -0.2) is 12.4 Å². The van der Waals surface area contributed by atoms with Gasteiger partial charge in [-0.05, 0) is 36.6 Å². The van der Waals surface area contributed by atoms with Crippen LogP contribution in [0.25, 0.3) is 0 Å². The lowest BCUT2D eigenvalue weighted by molar-refractivity contribution is 0.624.